The van der Waals surface area contributed by atoms with Gasteiger partial charge in [-0.15, -0.1) is 5.10 Å². The third-order valence-corrected chi connectivity index (χ3v) is 6.12. The molecule has 0 amide bonds. The molecule has 1 fully saturated rings. The van der Waals surface area contributed by atoms with E-state index in [0.29, 0.717) is 6.54 Å². The van der Waals surface area contributed by atoms with Gasteiger partial charge in [0.2, 0.25) is 0 Å². The van der Waals surface area contributed by atoms with E-state index >= 15 is 0 Å². The molecule has 1 aliphatic heterocycles. The highest BCUT2D eigenvalue weighted by atomic mass is 15.6. The first-order valence-electron chi connectivity index (χ1n) is 11.2. The lowest BCUT2D eigenvalue weighted by atomic mass is 10.0. The molecule has 6 nitrogen and oxygen atoms in total. The van der Waals surface area contributed by atoms with Crippen molar-refractivity contribution in [2.45, 2.75) is 19.1 Å². The van der Waals surface area contributed by atoms with Crippen molar-refractivity contribution in [1.82, 2.24) is 30.0 Å². The van der Waals surface area contributed by atoms with Crippen LogP contribution in [0.15, 0.2) is 91.0 Å². The first-order chi connectivity index (χ1) is 15.9. The minimum Gasteiger partial charge on any atom is -0.297 e. The van der Waals surface area contributed by atoms with Crippen molar-refractivity contribution in [3.05, 3.63) is 114 Å². The number of tetrazole rings is 1. The molecule has 0 spiro atoms. The predicted molar refractivity (Wildman–Crippen MR) is 125 cm³/mol. The van der Waals surface area contributed by atoms with Crippen LogP contribution in [-0.2, 0) is 13.1 Å². The highest BCUT2D eigenvalue weighted by Crippen LogP contribution is 2.28. The van der Waals surface area contributed by atoms with Crippen molar-refractivity contribution in [2.24, 2.45) is 0 Å². The van der Waals surface area contributed by atoms with Crippen molar-refractivity contribution in [3.63, 3.8) is 0 Å². The maximum absolute atomic E-state index is 4.50. The van der Waals surface area contributed by atoms with Crippen molar-refractivity contribution in [2.75, 3.05) is 26.2 Å². The topological polar surface area (TPSA) is 50.1 Å². The molecule has 1 aromatic heterocycles. The van der Waals surface area contributed by atoms with Gasteiger partial charge < -0.3 is 0 Å². The molecule has 4 aromatic rings. The summed E-state index contributed by atoms with van der Waals surface area (Å²) in [4.78, 5) is 5.05. The molecule has 162 valence electrons. The standard InChI is InChI=1S/C26H28N6/c1-4-10-22(11-5-1)20-30-16-18-31(19-17-30)25(24-14-8-3-9-15-24)26-27-28-29-32(26)21-23-12-6-2-7-13-23/h1-15,25H,16-21H2. The number of rotatable bonds is 7. The fraction of sp³-hybridized carbons (Fsp3) is 0.269. The van der Waals surface area contributed by atoms with Gasteiger partial charge in [0.15, 0.2) is 5.82 Å². The number of aromatic nitrogens is 4. The minimum atomic E-state index is 0.0359. The Morgan fingerprint density at radius 3 is 1.84 bits per heavy atom. The van der Waals surface area contributed by atoms with Crippen LogP contribution in [0.5, 0.6) is 0 Å². The molecule has 0 radical (unpaired) electrons. The Kier molecular flexibility index (Phi) is 6.32. The Labute approximate surface area is 189 Å². The van der Waals surface area contributed by atoms with Crippen LogP contribution in [0.3, 0.4) is 0 Å². The van der Waals surface area contributed by atoms with Crippen molar-refractivity contribution >= 4 is 0 Å². The van der Waals surface area contributed by atoms with Crippen molar-refractivity contribution in [1.29, 1.82) is 0 Å². The van der Waals surface area contributed by atoms with Gasteiger partial charge in [0.25, 0.3) is 0 Å². The fourth-order valence-corrected chi connectivity index (χ4v) is 4.46. The van der Waals surface area contributed by atoms with Gasteiger partial charge in [-0.1, -0.05) is 91.0 Å². The largest absolute Gasteiger partial charge is 0.297 e. The summed E-state index contributed by atoms with van der Waals surface area (Å²) in [7, 11) is 0. The Hall–Kier alpha value is -3.35. The molecule has 6 heteroatoms. The summed E-state index contributed by atoms with van der Waals surface area (Å²) in [6.07, 6.45) is 0. The summed E-state index contributed by atoms with van der Waals surface area (Å²) in [5.41, 5.74) is 3.79. The molecule has 32 heavy (non-hydrogen) atoms. The summed E-state index contributed by atoms with van der Waals surface area (Å²) < 4.78 is 1.95. The maximum Gasteiger partial charge on any atom is 0.173 e. The Bertz CT molecular complexity index is 1090. The van der Waals surface area contributed by atoms with E-state index in [1.165, 1.54) is 16.7 Å². The average molecular weight is 425 g/mol. The van der Waals surface area contributed by atoms with Crippen molar-refractivity contribution in [3.8, 4) is 0 Å². The first-order valence-corrected chi connectivity index (χ1v) is 11.2. The lowest BCUT2D eigenvalue weighted by Crippen LogP contribution is -2.47. The molecule has 0 saturated carbocycles. The van der Waals surface area contributed by atoms with Gasteiger partial charge in [-0.05, 0) is 27.1 Å². The Balaban J connectivity index is 1.36. The van der Waals surface area contributed by atoms with Gasteiger partial charge in [0.05, 0.1) is 12.6 Å². The highest BCUT2D eigenvalue weighted by Gasteiger charge is 2.30. The molecule has 1 aliphatic rings. The maximum atomic E-state index is 4.50. The van der Waals surface area contributed by atoms with Gasteiger partial charge in [-0.25, -0.2) is 4.68 Å². The quantitative estimate of drug-likeness (QED) is 0.453. The van der Waals surface area contributed by atoms with E-state index in [-0.39, 0.29) is 6.04 Å². The summed E-state index contributed by atoms with van der Waals surface area (Å²) in [5.74, 6) is 0.900. The zero-order valence-electron chi connectivity index (χ0n) is 18.2. The zero-order chi connectivity index (χ0) is 21.6. The zero-order valence-corrected chi connectivity index (χ0v) is 18.2. The third-order valence-electron chi connectivity index (χ3n) is 6.12. The second kappa shape index (κ2) is 9.85. The van der Waals surface area contributed by atoms with Gasteiger partial charge >= 0.3 is 0 Å². The van der Waals surface area contributed by atoms with Gasteiger partial charge in [0, 0.05) is 32.7 Å². The monoisotopic (exact) mass is 424 g/mol. The Morgan fingerprint density at radius 1 is 0.656 bits per heavy atom. The van der Waals surface area contributed by atoms with Gasteiger partial charge in [-0.2, -0.15) is 0 Å². The predicted octanol–water partition coefficient (Wildman–Crippen LogP) is 3.63. The molecule has 1 saturated heterocycles. The van der Waals surface area contributed by atoms with Crippen LogP contribution in [0.1, 0.15) is 28.6 Å². The molecule has 0 N–H and O–H groups in total. The van der Waals surface area contributed by atoms with E-state index in [9.17, 15) is 0 Å². The lowest BCUT2D eigenvalue weighted by molar-refractivity contribution is 0.100. The van der Waals surface area contributed by atoms with Crippen LogP contribution in [0, 0.1) is 0 Å². The minimum absolute atomic E-state index is 0.0359. The second-order valence-electron chi connectivity index (χ2n) is 8.29. The normalized spacial score (nSPS) is 16.1. The smallest absolute Gasteiger partial charge is 0.173 e. The number of hydrogen-bond donors (Lipinski definition) is 0. The van der Waals surface area contributed by atoms with E-state index in [1.54, 1.807) is 0 Å². The lowest BCUT2D eigenvalue weighted by Gasteiger charge is -2.39. The van der Waals surface area contributed by atoms with E-state index in [2.05, 4.69) is 110 Å². The molecular weight excluding hydrogens is 396 g/mol. The number of hydrogen-bond acceptors (Lipinski definition) is 5. The van der Waals surface area contributed by atoms with E-state index in [0.717, 1.165) is 38.5 Å². The average Bonchev–Trinajstić information content (AvgIpc) is 3.30. The molecule has 1 unspecified atom stereocenters. The molecule has 5 rings (SSSR count). The van der Waals surface area contributed by atoms with Crippen LogP contribution in [0.25, 0.3) is 0 Å². The van der Waals surface area contributed by atoms with Crippen LogP contribution in [0.2, 0.25) is 0 Å². The Morgan fingerprint density at radius 2 is 1.22 bits per heavy atom. The molecule has 1 atom stereocenters. The van der Waals surface area contributed by atoms with E-state index in [1.807, 2.05) is 10.7 Å². The second-order valence-corrected chi connectivity index (χ2v) is 8.29. The number of nitrogens with zero attached hydrogens (tertiary/aromatic N) is 6. The molecular formula is C26H28N6. The summed E-state index contributed by atoms with van der Waals surface area (Å²) in [6, 6.07) is 31.7. The van der Waals surface area contributed by atoms with Crippen LogP contribution in [-0.4, -0.2) is 56.2 Å². The first kappa shape index (κ1) is 20.5. The van der Waals surface area contributed by atoms with Crippen LogP contribution < -0.4 is 0 Å². The summed E-state index contributed by atoms with van der Waals surface area (Å²) in [5, 5.41) is 12.9. The molecule has 3 aromatic carbocycles. The summed E-state index contributed by atoms with van der Waals surface area (Å²) >= 11 is 0. The molecule has 2 heterocycles. The van der Waals surface area contributed by atoms with E-state index < -0.39 is 0 Å². The third kappa shape index (κ3) is 4.77. The van der Waals surface area contributed by atoms with Crippen LogP contribution >= 0.6 is 0 Å². The number of piperazine rings is 1. The van der Waals surface area contributed by atoms with Crippen molar-refractivity contribution < 1.29 is 0 Å². The highest BCUT2D eigenvalue weighted by molar-refractivity contribution is 5.26. The SMILES string of the molecule is c1ccc(CN2CCN(C(c3ccccc3)c3nnnn3Cc3ccccc3)CC2)cc1. The molecule has 0 bridgehead atoms. The number of benzene rings is 3. The van der Waals surface area contributed by atoms with Crippen LogP contribution in [0.4, 0.5) is 0 Å². The van der Waals surface area contributed by atoms with E-state index in [4.69, 9.17) is 0 Å². The molecule has 0 aliphatic carbocycles. The van der Waals surface area contributed by atoms with Gasteiger partial charge in [0.1, 0.15) is 0 Å². The fourth-order valence-electron chi connectivity index (χ4n) is 4.46. The van der Waals surface area contributed by atoms with Gasteiger partial charge in [-0.3, -0.25) is 9.80 Å². The summed E-state index contributed by atoms with van der Waals surface area (Å²) in [6.45, 7) is 5.67.